The number of anilines is 2. The van der Waals surface area contributed by atoms with E-state index in [1.165, 1.54) is 0 Å². The van der Waals surface area contributed by atoms with Gasteiger partial charge in [0.2, 0.25) is 5.95 Å². The van der Waals surface area contributed by atoms with Crippen molar-refractivity contribution in [2.75, 3.05) is 49.2 Å². The zero-order valence-electron chi connectivity index (χ0n) is 16.7. The Kier molecular flexibility index (Phi) is 5.07. The second-order valence-corrected chi connectivity index (χ2v) is 8.70. The fraction of sp³-hybridized carbons (Fsp3) is 0.476. The number of hydrogen-bond acceptors (Lipinski definition) is 8. The maximum Gasteiger partial charge on any atom is 0.228 e. The van der Waals surface area contributed by atoms with Gasteiger partial charge in [-0.3, -0.25) is 4.98 Å². The van der Waals surface area contributed by atoms with E-state index < -0.39 is 0 Å². The van der Waals surface area contributed by atoms with Crippen molar-refractivity contribution < 1.29 is 9.47 Å². The molecule has 0 N–H and O–H groups in total. The molecule has 5 heterocycles. The van der Waals surface area contributed by atoms with Gasteiger partial charge in [-0.25, -0.2) is 4.98 Å². The van der Waals surface area contributed by atoms with Crippen LogP contribution in [-0.4, -0.2) is 66.6 Å². The van der Waals surface area contributed by atoms with Gasteiger partial charge in [-0.15, -0.1) is 11.3 Å². The van der Waals surface area contributed by atoms with Crippen LogP contribution in [0.2, 0.25) is 0 Å². The third kappa shape index (κ3) is 3.80. The van der Waals surface area contributed by atoms with Crippen molar-refractivity contribution in [3.05, 3.63) is 30.5 Å². The average molecular weight is 412 g/mol. The molecule has 0 radical (unpaired) electrons. The topological polar surface area (TPSA) is 63.6 Å². The highest BCUT2D eigenvalue weighted by Crippen LogP contribution is 2.38. The summed E-state index contributed by atoms with van der Waals surface area (Å²) in [6.45, 7) is 8.96. The number of morpholine rings is 2. The molecule has 0 aromatic carbocycles. The maximum absolute atomic E-state index is 5.90. The molecular weight excluding hydrogens is 386 g/mol. The number of rotatable bonds is 3. The molecule has 0 aliphatic carbocycles. The number of thiophene rings is 1. The predicted molar refractivity (Wildman–Crippen MR) is 116 cm³/mol. The molecule has 8 heteroatoms. The molecule has 0 spiro atoms. The summed E-state index contributed by atoms with van der Waals surface area (Å²) in [5.41, 5.74) is 1.95. The summed E-state index contributed by atoms with van der Waals surface area (Å²) < 4.78 is 12.6. The summed E-state index contributed by atoms with van der Waals surface area (Å²) in [5, 5.41) is 0. The first-order chi connectivity index (χ1) is 14.2. The van der Waals surface area contributed by atoms with E-state index in [1.54, 1.807) is 11.3 Å². The molecule has 152 valence electrons. The van der Waals surface area contributed by atoms with E-state index in [0.717, 1.165) is 71.9 Å². The number of aromatic nitrogens is 3. The lowest BCUT2D eigenvalue weighted by Gasteiger charge is -2.36. The zero-order chi connectivity index (χ0) is 19.8. The van der Waals surface area contributed by atoms with Crippen LogP contribution in [0.1, 0.15) is 13.8 Å². The van der Waals surface area contributed by atoms with Crippen LogP contribution in [0.5, 0.6) is 0 Å². The molecule has 2 atom stereocenters. The van der Waals surface area contributed by atoms with Crippen molar-refractivity contribution in [1.29, 1.82) is 0 Å². The van der Waals surface area contributed by atoms with Gasteiger partial charge in [0, 0.05) is 32.4 Å². The quantitative estimate of drug-likeness (QED) is 0.656. The molecule has 0 amide bonds. The highest BCUT2D eigenvalue weighted by Gasteiger charge is 2.27. The highest BCUT2D eigenvalue weighted by atomic mass is 32.1. The molecule has 2 saturated heterocycles. The lowest BCUT2D eigenvalue weighted by Crippen LogP contribution is -2.46. The molecule has 0 unspecified atom stereocenters. The predicted octanol–water partition coefficient (Wildman–Crippen LogP) is 3.20. The number of nitrogens with zero attached hydrogens (tertiary/aromatic N) is 5. The van der Waals surface area contributed by atoms with E-state index in [1.807, 2.05) is 24.4 Å². The Morgan fingerprint density at radius 2 is 1.83 bits per heavy atom. The lowest BCUT2D eigenvalue weighted by atomic mass is 10.2. The zero-order valence-corrected chi connectivity index (χ0v) is 17.6. The van der Waals surface area contributed by atoms with E-state index in [9.17, 15) is 0 Å². The summed E-state index contributed by atoms with van der Waals surface area (Å²) in [6, 6.07) is 8.14. The molecule has 3 aromatic rings. The molecule has 2 fully saturated rings. The maximum atomic E-state index is 5.90. The van der Waals surface area contributed by atoms with Gasteiger partial charge in [-0.05, 0) is 32.0 Å². The van der Waals surface area contributed by atoms with Gasteiger partial charge in [0.15, 0.2) is 5.82 Å². The summed E-state index contributed by atoms with van der Waals surface area (Å²) in [7, 11) is 0. The van der Waals surface area contributed by atoms with Crippen molar-refractivity contribution in [3.63, 3.8) is 0 Å². The Morgan fingerprint density at radius 3 is 2.55 bits per heavy atom. The van der Waals surface area contributed by atoms with Crippen molar-refractivity contribution in [2.45, 2.75) is 26.1 Å². The summed E-state index contributed by atoms with van der Waals surface area (Å²) in [4.78, 5) is 20.2. The van der Waals surface area contributed by atoms with Gasteiger partial charge in [-0.2, -0.15) is 4.98 Å². The minimum absolute atomic E-state index is 0.163. The molecule has 2 aliphatic rings. The third-order valence-corrected chi connectivity index (χ3v) is 6.42. The van der Waals surface area contributed by atoms with Crippen LogP contribution in [0.25, 0.3) is 20.8 Å². The number of pyridine rings is 1. The van der Waals surface area contributed by atoms with Gasteiger partial charge < -0.3 is 19.3 Å². The summed E-state index contributed by atoms with van der Waals surface area (Å²) in [6.07, 6.45) is 2.16. The molecule has 7 nitrogen and oxygen atoms in total. The van der Waals surface area contributed by atoms with Crippen LogP contribution in [0.15, 0.2) is 30.5 Å². The molecule has 29 heavy (non-hydrogen) atoms. The molecule has 0 saturated carbocycles. The third-order valence-electron chi connectivity index (χ3n) is 5.27. The largest absolute Gasteiger partial charge is 0.378 e. The molecule has 5 rings (SSSR count). The number of fused-ring (bicyclic) bond motifs is 1. The second-order valence-electron chi connectivity index (χ2n) is 7.65. The monoisotopic (exact) mass is 411 g/mol. The van der Waals surface area contributed by atoms with Gasteiger partial charge in [0.25, 0.3) is 0 Å². The van der Waals surface area contributed by atoms with Crippen molar-refractivity contribution in [2.24, 2.45) is 0 Å². The Morgan fingerprint density at radius 1 is 1.03 bits per heavy atom. The lowest BCUT2D eigenvalue weighted by molar-refractivity contribution is -0.00569. The Bertz CT molecular complexity index is 979. The van der Waals surface area contributed by atoms with Crippen LogP contribution in [0.3, 0.4) is 0 Å². The first-order valence-corrected chi connectivity index (χ1v) is 10.9. The second kappa shape index (κ2) is 7.85. The van der Waals surface area contributed by atoms with E-state index in [2.05, 4.69) is 34.7 Å². The van der Waals surface area contributed by atoms with Gasteiger partial charge in [-0.1, -0.05) is 6.07 Å². The molecular formula is C21H25N5O2S. The van der Waals surface area contributed by atoms with Crippen LogP contribution in [0.4, 0.5) is 11.8 Å². The fourth-order valence-electron chi connectivity index (χ4n) is 4.01. The van der Waals surface area contributed by atoms with Gasteiger partial charge in [0.05, 0.1) is 46.2 Å². The normalized spacial score (nSPS) is 23.0. The standard InChI is InChI=1S/C21H25N5O2S/c1-14-12-26(13-15(2)28-14)21-23-17-11-18(16-5-3-4-6-22-16)29-19(17)20(24-21)25-7-9-27-10-8-25/h3-6,11,14-15H,7-10,12-13H2,1-2H3/t14-,15+. The Labute approximate surface area is 174 Å². The van der Waals surface area contributed by atoms with E-state index in [-0.39, 0.29) is 12.2 Å². The fourth-order valence-corrected chi connectivity index (χ4v) is 5.10. The first-order valence-electron chi connectivity index (χ1n) is 10.1. The number of ether oxygens (including phenoxy) is 2. The van der Waals surface area contributed by atoms with Crippen LogP contribution >= 0.6 is 11.3 Å². The minimum atomic E-state index is 0.163. The van der Waals surface area contributed by atoms with Crippen LogP contribution in [-0.2, 0) is 9.47 Å². The first kappa shape index (κ1) is 18.7. The molecule has 2 aliphatic heterocycles. The molecule has 3 aromatic heterocycles. The van der Waals surface area contributed by atoms with E-state index in [0.29, 0.717) is 0 Å². The van der Waals surface area contributed by atoms with E-state index in [4.69, 9.17) is 19.4 Å². The van der Waals surface area contributed by atoms with E-state index >= 15 is 0 Å². The average Bonchev–Trinajstić information content (AvgIpc) is 3.18. The highest BCUT2D eigenvalue weighted by molar-refractivity contribution is 7.22. The van der Waals surface area contributed by atoms with Crippen molar-refractivity contribution in [3.8, 4) is 10.6 Å². The number of hydrogen-bond donors (Lipinski definition) is 0. The Hall–Kier alpha value is -2.29. The van der Waals surface area contributed by atoms with Crippen LogP contribution in [0, 0.1) is 0 Å². The Balaban J connectivity index is 1.61. The van der Waals surface area contributed by atoms with Crippen LogP contribution < -0.4 is 9.80 Å². The van der Waals surface area contributed by atoms with Gasteiger partial charge >= 0.3 is 0 Å². The van der Waals surface area contributed by atoms with Crippen molar-refractivity contribution >= 4 is 33.3 Å². The smallest absolute Gasteiger partial charge is 0.228 e. The summed E-state index contributed by atoms with van der Waals surface area (Å²) in [5.74, 6) is 1.79. The SMILES string of the molecule is C[C@@H]1CN(c2nc(N3CCOCC3)c3sc(-c4ccccn4)cc3n2)C[C@H](C)O1. The summed E-state index contributed by atoms with van der Waals surface area (Å²) >= 11 is 1.71. The molecule has 0 bridgehead atoms. The van der Waals surface area contributed by atoms with Gasteiger partial charge in [0.1, 0.15) is 0 Å². The minimum Gasteiger partial charge on any atom is -0.378 e. The van der Waals surface area contributed by atoms with Crippen molar-refractivity contribution in [1.82, 2.24) is 15.0 Å².